The van der Waals surface area contributed by atoms with Crippen molar-refractivity contribution in [2.45, 2.75) is 32.8 Å². The monoisotopic (exact) mass is 311 g/mol. The van der Waals surface area contributed by atoms with Crippen molar-refractivity contribution in [3.05, 3.63) is 28.8 Å². The van der Waals surface area contributed by atoms with Crippen LogP contribution in [0.25, 0.3) is 0 Å². The Bertz CT molecular complexity index is 492. The summed E-state index contributed by atoms with van der Waals surface area (Å²) >= 11 is 5.90. The first-order chi connectivity index (χ1) is 10.1. The largest absolute Gasteiger partial charge is 0.493 e. The normalized spacial score (nSPS) is 18.6. The maximum Gasteiger partial charge on any atom is 0.222 e. The van der Waals surface area contributed by atoms with Gasteiger partial charge in [0.1, 0.15) is 5.75 Å². The lowest BCUT2D eigenvalue weighted by Gasteiger charge is -2.31. The van der Waals surface area contributed by atoms with E-state index in [4.69, 9.17) is 21.1 Å². The molecule has 1 aliphatic rings. The molecule has 1 aromatic carbocycles. The zero-order valence-corrected chi connectivity index (χ0v) is 13.4. The molecule has 0 bridgehead atoms. The van der Waals surface area contributed by atoms with E-state index in [9.17, 15) is 4.79 Å². The Morgan fingerprint density at radius 2 is 2.33 bits per heavy atom. The minimum absolute atomic E-state index is 0.135. The van der Waals surface area contributed by atoms with Crippen LogP contribution < -0.4 is 4.74 Å². The van der Waals surface area contributed by atoms with Crippen molar-refractivity contribution in [2.24, 2.45) is 0 Å². The van der Waals surface area contributed by atoms with Crippen LogP contribution in [0.3, 0.4) is 0 Å². The quantitative estimate of drug-likeness (QED) is 0.785. The fourth-order valence-corrected chi connectivity index (χ4v) is 2.61. The van der Waals surface area contributed by atoms with Crippen LogP contribution in [0.4, 0.5) is 0 Å². The van der Waals surface area contributed by atoms with E-state index in [1.54, 1.807) is 0 Å². The lowest BCUT2D eigenvalue weighted by atomic mass is 10.2. The molecule has 0 saturated carbocycles. The second kappa shape index (κ2) is 7.66. The summed E-state index contributed by atoms with van der Waals surface area (Å²) in [5.74, 6) is 1.01. The highest BCUT2D eigenvalue weighted by molar-refractivity contribution is 6.30. The highest BCUT2D eigenvalue weighted by Crippen LogP contribution is 2.22. The smallest absolute Gasteiger partial charge is 0.222 e. The molecule has 2 rings (SSSR count). The summed E-state index contributed by atoms with van der Waals surface area (Å²) in [4.78, 5) is 13.9. The predicted octanol–water partition coefficient (Wildman–Crippen LogP) is 3.05. The Kier molecular flexibility index (Phi) is 5.88. The number of carbonyl (C=O) groups excluding carboxylic acids is 1. The maximum atomic E-state index is 12.1. The Hall–Kier alpha value is -1.26. The van der Waals surface area contributed by atoms with Crippen LogP contribution in [-0.4, -0.2) is 43.2 Å². The number of rotatable bonds is 5. The highest BCUT2D eigenvalue weighted by Gasteiger charge is 2.20. The number of morpholine rings is 1. The molecule has 0 aliphatic carbocycles. The Morgan fingerprint density at radius 1 is 1.52 bits per heavy atom. The van der Waals surface area contributed by atoms with Gasteiger partial charge in [0.2, 0.25) is 5.91 Å². The zero-order chi connectivity index (χ0) is 15.2. The van der Waals surface area contributed by atoms with Gasteiger partial charge < -0.3 is 14.4 Å². The fraction of sp³-hybridized carbons (Fsp3) is 0.562. The van der Waals surface area contributed by atoms with E-state index < -0.39 is 0 Å². The maximum absolute atomic E-state index is 12.1. The number of nitrogens with zero attached hydrogens (tertiary/aromatic N) is 1. The van der Waals surface area contributed by atoms with Crippen molar-refractivity contribution in [3.8, 4) is 5.75 Å². The van der Waals surface area contributed by atoms with Gasteiger partial charge in [0.15, 0.2) is 0 Å². The van der Waals surface area contributed by atoms with Gasteiger partial charge in [-0.05, 0) is 44.0 Å². The van der Waals surface area contributed by atoms with Crippen LogP contribution in [0.1, 0.15) is 25.3 Å². The van der Waals surface area contributed by atoms with Crippen LogP contribution in [0.2, 0.25) is 5.02 Å². The molecule has 0 radical (unpaired) electrons. The van der Waals surface area contributed by atoms with Crippen molar-refractivity contribution in [3.63, 3.8) is 0 Å². The van der Waals surface area contributed by atoms with Crippen molar-refractivity contribution in [1.82, 2.24) is 4.90 Å². The number of aryl methyl sites for hydroxylation is 1. The van der Waals surface area contributed by atoms with Crippen LogP contribution in [-0.2, 0) is 9.53 Å². The molecule has 1 heterocycles. The molecular formula is C16H22ClNO3. The standard InChI is InChI=1S/C16H22ClNO3/c1-12-10-14(17)5-6-15(12)21-8-3-4-16(19)18-7-9-20-13(2)11-18/h5-6,10,13H,3-4,7-9,11H2,1-2H3. The molecule has 0 N–H and O–H groups in total. The molecule has 0 spiro atoms. The third kappa shape index (κ3) is 4.90. The van der Waals surface area contributed by atoms with Crippen molar-refractivity contribution in [2.75, 3.05) is 26.3 Å². The van der Waals surface area contributed by atoms with Crippen LogP contribution >= 0.6 is 11.6 Å². The van der Waals surface area contributed by atoms with E-state index in [1.165, 1.54) is 0 Å². The fourth-order valence-electron chi connectivity index (χ4n) is 2.38. The molecule has 1 fully saturated rings. The minimum Gasteiger partial charge on any atom is -0.493 e. The first kappa shape index (κ1) is 16.1. The average Bonchev–Trinajstić information content (AvgIpc) is 2.45. The van der Waals surface area contributed by atoms with Gasteiger partial charge in [-0.3, -0.25) is 4.79 Å². The first-order valence-electron chi connectivity index (χ1n) is 7.34. The van der Waals surface area contributed by atoms with E-state index >= 15 is 0 Å². The van der Waals surface area contributed by atoms with Gasteiger partial charge in [0.05, 0.1) is 19.3 Å². The van der Waals surface area contributed by atoms with Gasteiger partial charge >= 0.3 is 0 Å². The topological polar surface area (TPSA) is 38.8 Å². The van der Waals surface area contributed by atoms with E-state index in [1.807, 2.05) is 36.9 Å². The molecule has 4 nitrogen and oxygen atoms in total. The first-order valence-corrected chi connectivity index (χ1v) is 7.72. The molecule has 1 unspecified atom stereocenters. The third-order valence-electron chi connectivity index (χ3n) is 3.52. The summed E-state index contributed by atoms with van der Waals surface area (Å²) in [6.45, 7) is 6.51. The number of amides is 1. The molecule has 116 valence electrons. The van der Waals surface area contributed by atoms with Crippen LogP contribution in [0, 0.1) is 6.92 Å². The number of ether oxygens (including phenoxy) is 2. The second-order valence-corrected chi connectivity index (χ2v) is 5.82. The molecule has 1 aromatic rings. The van der Waals surface area contributed by atoms with Gasteiger partial charge in [-0.2, -0.15) is 0 Å². The number of halogens is 1. The number of carbonyl (C=O) groups is 1. The molecule has 1 aliphatic heterocycles. The van der Waals surface area contributed by atoms with Crippen LogP contribution in [0.5, 0.6) is 5.75 Å². The molecule has 5 heteroatoms. The second-order valence-electron chi connectivity index (χ2n) is 5.38. The zero-order valence-electron chi connectivity index (χ0n) is 12.6. The SMILES string of the molecule is Cc1cc(Cl)ccc1OCCCC(=O)N1CCOC(C)C1. The minimum atomic E-state index is 0.135. The summed E-state index contributed by atoms with van der Waals surface area (Å²) in [7, 11) is 0. The van der Waals surface area contributed by atoms with E-state index in [2.05, 4.69) is 0 Å². The number of hydrogen-bond acceptors (Lipinski definition) is 3. The molecule has 1 saturated heterocycles. The molecule has 0 aromatic heterocycles. The average molecular weight is 312 g/mol. The Morgan fingerprint density at radius 3 is 3.05 bits per heavy atom. The van der Waals surface area contributed by atoms with E-state index in [0.717, 1.165) is 11.3 Å². The summed E-state index contributed by atoms with van der Waals surface area (Å²) in [6, 6.07) is 5.55. The van der Waals surface area contributed by atoms with Gasteiger partial charge in [-0.15, -0.1) is 0 Å². The molecule has 1 atom stereocenters. The van der Waals surface area contributed by atoms with Crippen molar-refractivity contribution < 1.29 is 14.3 Å². The van der Waals surface area contributed by atoms with Gasteiger partial charge in [-0.25, -0.2) is 0 Å². The summed E-state index contributed by atoms with van der Waals surface area (Å²) < 4.78 is 11.1. The number of hydrogen-bond donors (Lipinski definition) is 0. The summed E-state index contributed by atoms with van der Waals surface area (Å²) in [5.41, 5.74) is 1.01. The number of benzene rings is 1. The molecule has 1 amide bonds. The Labute approximate surface area is 131 Å². The van der Waals surface area contributed by atoms with E-state index in [-0.39, 0.29) is 12.0 Å². The van der Waals surface area contributed by atoms with Crippen molar-refractivity contribution in [1.29, 1.82) is 0 Å². The Balaban J connectivity index is 1.70. The third-order valence-corrected chi connectivity index (χ3v) is 3.76. The molecular weight excluding hydrogens is 290 g/mol. The van der Waals surface area contributed by atoms with Crippen LogP contribution in [0.15, 0.2) is 18.2 Å². The van der Waals surface area contributed by atoms with Gasteiger partial charge in [0.25, 0.3) is 0 Å². The molecule has 21 heavy (non-hydrogen) atoms. The van der Waals surface area contributed by atoms with Gasteiger partial charge in [0, 0.05) is 24.5 Å². The van der Waals surface area contributed by atoms with Gasteiger partial charge in [-0.1, -0.05) is 11.6 Å². The van der Waals surface area contributed by atoms with E-state index in [0.29, 0.717) is 44.2 Å². The lowest BCUT2D eigenvalue weighted by Crippen LogP contribution is -2.44. The highest BCUT2D eigenvalue weighted by atomic mass is 35.5. The summed E-state index contributed by atoms with van der Waals surface area (Å²) in [6.07, 6.45) is 1.36. The van der Waals surface area contributed by atoms with Crippen molar-refractivity contribution >= 4 is 17.5 Å². The predicted molar refractivity (Wildman–Crippen MR) is 82.9 cm³/mol. The lowest BCUT2D eigenvalue weighted by molar-refractivity contribution is -0.138. The summed E-state index contributed by atoms with van der Waals surface area (Å²) in [5, 5.41) is 0.705.